The molecule has 0 aromatic rings. The van der Waals surface area contributed by atoms with Crippen LogP contribution in [-0.2, 0) is 9.53 Å². The molecule has 1 aliphatic rings. The number of hydrogen-bond donors (Lipinski definition) is 0. The first-order valence-electron chi connectivity index (χ1n) is 4.46. The number of nitriles is 1. The van der Waals surface area contributed by atoms with Crippen LogP contribution in [0.5, 0.6) is 0 Å². The Morgan fingerprint density at radius 3 is 2.31 bits per heavy atom. The normalized spacial score (nSPS) is 32.1. The lowest BCUT2D eigenvalue weighted by Gasteiger charge is -2.21. The zero-order valence-corrected chi connectivity index (χ0v) is 8.55. The molecule has 2 atom stereocenters. The highest BCUT2D eigenvalue weighted by molar-refractivity contribution is 5.84. The summed E-state index contributed by atoms with van der Waals surface area (Å²) in [5.41, 5.74) is -1.34. The Bertz CT molecular complexity index is 272. The zero-order valence-electron chi connectivity index (χ0n) is 8.55. The molecule has 0 bridgehead atoms. The molecule has 0 aromatic heterocycles. The second-order valence-electron chi connectivity index (χ2n) is 4.69. The predicted molar refractivity (Wildman–Crippen MR) is 47.7 cm³/mol. The van der Waals surface area contributed by atoms with Crippen LogP contribution in [0.3, 0.4) is 0 Å². The number of esters is 1. The average Bonchev–Trinajstić information content (AvgIpc) is 2.59. The van der Waals surface area contributed by atoms with Crippen molar-refractivity contribution in [3.05, 3.63) is 0 Å². The Hall–Kier alpha value is -1.04. The monoisotopic (exact) mass is 181 g/mol. The summed E-state index contributed by atoms with van der Waals surface area (Å²) in [6.07, 6.45) is 0.637. The molecule has 0 saturated heterocycles. The molecule has 1 saturated carbocycles. The van der Waals surface area contributed by atoms with E-state index in [0.717, 1.165) is 0 Å². The summed E-state index contributed by atoms with van der Waals surface area (Å²) in [5.74, 6) is -0.220. The molecule has 0 aromatic carbocycles. The highest BCUT2D eigenvalue weighted by Gasteiger charge is 2.60. The molecule has 0 aliphatic heterocycles. The number of nitrogens with zero attached hydrogens (tertiary/aromatic N) is 1. The Kier molecular flexibility index (Phi) is 2.11. The number of ether oxygens (including phenoxy) is 1. The van der Waals surface area contributed by atoms with Gasteiger partial charge in [-0.25, -0.2) is 0 Å². The van der Waals surface area contributed by atoms with Crippen molar-refractivity contribution in [3.8, 4) is 6.07 Å². The third-order valence-electron chi connectivity index (χ3n) is 2.27. The van der Waals surface area contributed by atoms with Crippen molar-refractivity contribution < 1.29 is 9.53 Å². The molecule has 0 spiro atoms. The highest BCUT2D eigenvalue weighted by atomic mass is 16.6. The minimum Gasteiger partial charge on any atom is -0.459 e. The molecule has 1 fully saturated rings. The fourth-order valence-electron chi connectivity index (χ4n) is 1.28. The van der Waals surface area contributed by atoms with Crippen LogP contribution in [0, 0.1) is 22.7 Å². The van der Waals surface area contributed by atoms with E-state index in [2.05, 4.69) is 6.07 Å². The van der Waals surface area contributed by atoms with E-state index in [4.69, 9.17) is 10.00 Å². The van der Waals surface area contributed by atoms with E-state index >= 15 is 0 Å². The molecule has 72 valence electrons. The minimum absolute atomic E-state index is 0.146. The first kappa shape index (κ1) is 10.0. The van der Waals surface area contributed by atoms with Gasteiger partial charge in [0.25, 0.3) is 0 Å². The Morgan fingerprint density at radius 1 is 1.62 bits per heavy atom. The van der Waals surface area contributed by atoms with Crippen molar-refractivity contribution >= 4 is 5.97 Å². The molecule has 1 aliphatic carbocycles. The van der Waals surface area contributed by atoms with Crippen LogP contribution in [-0.4, -0.2) is 11.6 Å². The van der Waals surface area contributed by atoms with Crippen molar-refractivity contribution in [1.82, 2.24) is 0 Å². The van der Waals surface area contributed by atoms with E-state index < -0.39 is 11.0 Å². The van der Waals surface area contributed by atoms with E-state index in [1.807, 2.05) is 27.7 Å². The van der Waals surface area contributed by atoms with E-state index in [-0.39, 0.29) is 11.9 Å². The summed E-state index contributed by atoms with van der Waals surface area (Å²) in [7, 11) is 0. The summed E-state index contributed by atoms with van der Waals surface area (Å²) < 4.78 is 5.16. The standard InChI is InChI=1S/C10H15NO2/c1-7-5-10(7,6-11)8(12)13-9(2,3)4/h7H,5H2,1-4H3. The average molecular weight is 181 g/mol. The van der Waals surface area contributed by atoms with Gasteiger partial charge < -0.3 is 4.74 Å². The summed E-state index contributed by atoms with van der Waals surface area (Å²) >= 11 is 0. The van der Waals surface area contributed by atoms with Crippen LogP contribution >= 0.6 is 0 Å². The summed E-state index contributed by atoms with van der Waals surface area (Å²) in [4.78, 5) is 11.5. The molecule has 3 heteroatoms. The molecule has 3 nitrogen and oxygen atoms in total. The molecule has 1 rings (SSSR count). The Morgan fingerprint density at radius 2 is 2.08 bits per heavy atom. The van der Waals surface area contributed by atoms with Gasteiger partial charge in [0, 0.05) is 0 Å². The Labute approximate surface area is 78.7 Å². The van der Waals surface area contributed by atoms with Gasteiger partial charge in [0.15, 0.2) is 5.41 Å². The van der Waals surface area contributed by atoms with E-state index in [1.165, 1.54) is 0 Å². The first-order valence-corrected chi connectivity index (χ1v) is 4.46. The van der Waals surface area contributed by atoms with E-state index in [1.54, 1.807) is 0 Å². The SMILES string of the molecule is CC1CC1(C#N)C(=O)OC(C)(C)C. The molecule has 0 heterocycles. The lowest BCUT2D eigenvalue weighted by atomic mass is 10.1. The topological polar surface area (TPSA) is 50.1 Å². The highest BCUT2D eigenvalue weighted by Crippen LogP contribution is 2.52. The molecule has 0 amide bonds. The van der Waals surface area contributed by atoms with Gasteiger partial charge >= 0.3 is 5.97 Å². The molecular formula is C10H15NO2. The van der Waals surface area contributed by atoms with Gasteiger partial charge in [-0.15, -0.1) is 0 Å². The predicted octanol–water partition coefficient (Wildman–Crippen LogP) is 1.88. The fourth-order valence-corrected chi connectivity index (χ4v) is 1.28. The summed E-state index contributed by atoms with van der Waals surface area (Å²) in [6, 6.07) is 2.05. The quantitative estimate of drug-likeness (QED) is 0.580. The second-order valence-corrected chi connectivity index (χ2v) is 4.69. The second kappa shape index (κ2) is 2.73. The third kappa shape index (κ3) is 1.82. The van der Waals surface area contributed by atoms with E-state index in [9.17, 15) is 4.79 Å². The fraction of sp³-hybridized carbons (Fsp3) is 0.800. The van der Waals surface area contributed by atoms with Crippen molar-refractivity contribution in [2.75, 3.05) is 0 Å². The van der Waals surface area contributed by atoms with Crippen LogP contribution in [0.4, 0.5) is 0 Å². The molecule has 13 heavy (non-hydrogen) atoms. The van der Waals surface area contributed by atoms with Crippen molar-refractivity contribution in [2.45, 2.75) is 39.7 Å². The van der Waals surface area contributed by atoms with Crippen LogP contribution < -0.4 is 0 Å². The van der Waals surface area contributed by atoms with Gasteiger partial charge in [0.2, 0.25) is 0 Å². The van der Waals surface area contributed by atoms with Gasteiger partial charge in [-0.05, 0) is 33.1 Å². The summed E-state index contributed by atoms with van der Waals surface area (Å²) in [6.45, 7) is 7.32. The smallest absolute Gasteiger partial charge is 0.327 e. The number of carbonyl (C=O) groups excluding carboxylic acids is 1. The Balaban J connectivity index is 2.66. The van der Waals surface area contributed by atoms with Crippen molar-refractivity contribution in [2.24, 2.45) is 11.3 Å². The number of carbonyl (C=O) groups is 1. The maximum atomic E-state index is 11.5. The minimum atomic E-state index is -0.840. The largest absolute Gasteiger partial charge is 0.459 e. The van der Waals surface area contributed by atoms with E-state index in [0.29, 0.717) is 6.42 Å². The van der Waals surface area contributed by atoms with Crippen molar-refractivity contribution in [1.29, 1.82) is 5.26 Å². The summed E-state index contributed by atoms with van der Waals surface area (Å²) in [5, 5.41) is 8.84. The number of hydrogen-bond acceptors (Lipinski definition) is 3. The third-order valence-corrected chi connectivity index (χ3v) is 2.27. The lowest BCUT2D eigenvalue weighted by molar-refractivity contribution is -0.159. The number of rotatable bonds is 1. The maximum absolute atomic E-state index is 11.5. The first-order chi connectivity index (χ1) is 5.82. The molecular weight excluding hydrogens is 166 g/mol. The molecule has 0 N–H and O–H groups in total. The zero-order chi connectivity index (χ0) is 10.3. The molecule has 0 radical (unpaired) electrons. The van der Waals surface area contributed by atoms with Gasteiger partial charge in [-0.1, -0.05) is 6.92 Å². The van der Waals surface area contributed by atoms with Crippen LogP contribution in [0.15, 0.2) is 0 Å². The molecule has 2 unspecified atom stereocenters. The maximum Gasteiger partial charge on any atom is 0.327 e. The van der Waals surface area contributed by atoms with Crippen LogP contribution in [0.1, 0.15) is 34.1 Å². The van der Waals surface area contributed by atoms with Gasteiger partial charge in [-0.2, -0.15) is 5.26 Å². The van der Waals surface area contributed by atoms with Gasteiger partial charge in [0.1, 0.15) is 5.60 Å². The van der Waals surface area contributed by atoms with Crippen LogP contribution in [0.25, 0.3) is 0 Å². The van der Waals surface area contributed by atoms with Gasteiger partial charge in [0.05, 0.1) is 6.07 Å². The van der Waals surface area contributed by atoms with Gasteiger partial charge in [-0.3, -0.25) is 4.79 Å². The lowest BCUT2D eigenvalue weighted by Crippen LogP contribution is -2.29. The van der Waals surface area contributed by atoms with Crippen molar-refractivity contribution in [3.63, 3.8) is 0 Å². The van der Waals surface area contributed by atoms with Crippen LogP contribution in [0.2, 0.25) is 0 Å².